The van der Waals surface area contributed by atoms with Crippen LogP contribution in [0.4, 0.5) is 4.39 Å². The summed E-state index contributed by atoms with van der Waals surface area (Å²) in [5.41, 5.74) is 0. The average Bonchev–Trinajstić information content (AvgIpc) is 2.12. The first-order valence-electron chi connectivity index (χ1n) is 5.33. The second kappa shape index (κ2) is 7.37. The number of hydrogen-bond acceptors (Lipinski definition) is 3. The number of ether oxygens (including phenoxy) is 1. The minimum Gasteiger partial charge on any atom is -0.463 e. The Bertz CT molecular complexity index is 214. The monoisotopic (exact) mass is 218 g/mol. The molecule has 1 unspecified atom stereocenters. The molecule has 0 radical (unpaired) electrons. The molecule has 0 rings (SSSR count). The van der Waals surface area contributed by atoms with Crippen LogP contribution in [-0.2, 0) is 14.3 Å². The first kappa shape index (κ1) is 14.1. The number of carbonyl (C=O) groups excluding carboxylic acids is 2. The predicted molar refractivity (Wildman–Crippen MR) is 55.3 cm³/mol. The summed E-state index contributed by atoms with van der Waals surface area (Å²) in [4.78, 5) is 22.2. The number of unbranched alkanes of at least 4 members (excludes halogenated alkanes) is 1. The van der Waals surface area contributed by atoms with E-state index in [1.165, 1.54) is 0 Å². The van der Waals surface area contributed by atoms with Crippen molar-refractivity contribution in [1.82, 2.24) is 0 Å². The molecule has 0 aromatic rings. The predicted octanol–water partition coefficient (Wildman–Crippen LogP) is 2.43. The first-order chi connectivity index (χ1) is 6.97. The third-order valence-corrected chi connectivity index (χ3v) is 1.85. The summed E-state index contributed by atoms with van der Waals surface area (Å²) in [5.74, 6) is -1.32. The van der Waals surface area contributed by atoms with Gasteiger partial charge in [0.25, 0.3) is 0 Å². The Kier molecular flexibility index (Phi) is 6.92. The largest absolute Gasteiger partial charge is 0.463 e. The molecule has 0 spiro atoms. The second-order valence-corrected chi connectivity index (χ2v) is 3.79. The Morgan fingerprint density at radius 3 is 2.40 bits per heavy atom. The van der Waals surface area contributed by atoms with Crippen molar-refractivity contribution < 1.29 is 18.7 Å². The number of hydrogen-bond donors (Lipinski definition) is 0. The van der Waals surface area contributed by atoms with Crippen LogP contribution < -0.4 is 0 Å². The Balaban J connectivity index is 3.85. The fraction of sp³-hybridized carbons (Fsp3) is 0.818. The van der Waals surface area contributed by atoms with Gasteiger partial charge in [0.1, 0.15) is 6.42 Å². The highest BCUT2D eigenvalue weighted by Crippen LogP contribution is 2.08. The van der Waals surface area contributed by atoms with Crippen molar-refractivity contribution in [2.45, 2.75) is 58.7 Å². The summed E-state index contributed by atoms with van der Waals surface area (Å²) in [7, 11) is 0. The van der Waals surface area contributed by atoms with Crippen LogP contribution in [-0.4, -0.2) is 24.0 Å². The number of halogens is 1. The lowest BCUT2D eigenvalue weighted by atomic mass is 10.1. The molecule has 88 valence electrons. The van der Waals surface area contributed by atoms with E-state index >= 15 is 0 Å². The van der Waals surface area contributed by atoms with Crippen LogP contribution in [0.3, 0.4) is 0 Å². The van der Waals surface area contributed by atoms with Crippen LogP contribution in [0.1, 0.15) is 46.5 Å². The molecule has 15 heavy (non-hydrogen) atoms. The van der Waals surface area contributed by atoms with Crippen molar-refractivity contribution in [3.63, 3.8) is 0 Å². The fourth-order valence-electron chi connectivity index (χ4n) is 1.10. The molecule has 0 aliphatic heterocycles. The molecular weight excluding hydrogens is 199 g/mol. The van der Waals surface area contributed by atoms with Gasteiger partial charge in [-0.2, -0.15) is 0 Å². The van der Waals surface area contributed by atoms with E-state index < -0.39 is 24.3 Å². The van der Waals surface area contributed by atoms with Crippen LogP contribution in [0.2, 0.25) is 0 Å². The topological polar surface area (TPSA) is 43.4 Å². The van der Waals surface area contributed by atoms with Gasteiger partial charge in [-0.05, 0) is 20.3 Å². The third-order valence-electron chi connectivity index (χ3n) is 1.85. The van der Waals surface area contributed by atoms with Gasteiger partial charge in [-0.1, -0.05) is 19.8 Å². The van der Waals surface area contributed by atoms with Crippen LogP contribution in [0.15, 0.2) is 0 Å². The van der Waals surface area contributed by atoms with Gasteiger partial charge in [-0.25, -0.2) is 4.39 Å². The Morgan fingerprint density at radius 2 is 1.93 bits per heavy atom. The molecule has 0 aromatic carbocycles. The molecule has 0 heterocycles. The van der Waals surface area contributed by atoms with Crippen molar-refractivity contribution in [3.05, 3.63) is 0 Å². The lowest BCUT2D eigenvalue weighted by molar-refractivity contribution is -0.150. The molecular formula is C11H19FO3. The molecule has 1 atom stereocenters. The van der Waals surface area contributed by atoms with Crippen molar-refractivity contribution in [2.24, 2.45) is 0 Å². The summed E-state index contributed by atoms with van der Waals surface area (Å²) >= 11 is 0. The summed E-state index contributed by atoms with van der Waals surface area (Å²) < 4.78 is 17.9. The average molecular weight is 218 g/mol. The molecule has 0 fully saturated rings. The second-order valence-electron chi connectivity index (χ2n) is 3.79. The van der Waals surface area contributed by atoms with E-state index in [9.17, 15) is 14.0 Å². The Labute approximate surface area is 90.0 Å². The van der Waals surface area contributed by atoms with Gasteiger partial charge in [0, 0.05) is 0 Å². The molecule has 0 saturated carbocycles. The lowest BCUT2D eigenvalue weighted by Crippen LogP contribution is -2.22. The highest BCUT2D eigenvalue weighted by atomic mass is 19.1. The van der Waals surface area contributed by atoms with Crippen molar-refractivity contribution in [2.75, 3.05) is 0 Å². The summed E-state index contributed by atoms with van der Waals surface area (Å²) in [6.07, 6.45) is -0.549. The molecule has 3 nitrogen and oxygen atoms in total. The number of carbonyl (C=O) groups is 2. The van der Waals surface area contributed by atoms with Crippen LogP contribution >= 0.6 is 0 Å². The van der Waals surface area contributed by atoms with Crippen molar-refractivity contribution in [1.29, 1.82) is 0 Å². The number of ketones is 1. The lowest BCUT2D eigenvalue weighted by Gasteiger charge is -2.09. The van der Waals surface area contributed by atoms with E-state index in [2.05, 4.69) is 0 Å². The number of alkyl halides is 1. The molecule has 0 N–H and O–H groups in total. The van der Waals surface area contributed by atoms with Gasteiger partial charge in [0.15, 0.2) is 12.0 Å². The van der Waals surface area contributed by atoms with Gasteiger partial charge in [-0.15, -0.1) is 0 Å². The summed E-state index contributed by atoms with van der Waals surface area (Å²) in [6.45, 7) is 5.29. The van der Waals surface area contributed by atoms with E-state index in [1.807, 2.05) is 6.92 Å². The van der Waals surface area contributed by atoms with Crippen LogP contribution in [0.25, 0.3) is 0 Å². The van der Waals surface area contributed by atoms with Crippen LogP contribution in [0.5, 0.6) is 0 Å². The molecule has 0 aliphatic rings. The van der Waals surface area contributed by atoms with E-state index in [1.54, 1.807) is 13.8 Å². The minimum absolute atomic E-state index is 0.199. The highest BCUT2D eigenvalue weighted by molar-refractivity contribution is 5.97. The smallest absolute Gasteiger partial charge is 0.313 e. The maximum absolute atomic E-state index is 13.1. The van der Waals surface area contributed by atoms with E-state index in [0.29, 0.717) is 6.42 Å². The maximum Gasteiger partial charge on any atom is 0.313 e. The normalized spacial score (nSPS) is 12.6. The van der Waals surface area contributed by atoms with E-state index in [-0.39, 0.29) is 12.5 Å². The third kappa shape index (κ3) is 7.05. The SMILES string of the molecule is CCCCC(F)C(=O)CC(=O)OC(C)C. The summed E-state index contributed by atoms with van der Waals surface area (Å²) in [5, 5.41) is 0. The van der Waals surface area contributed by atoms with Crippen molar-refractivity contribution >= 4 is 11.8 Å². The van der Waals surface area contributed by atoms with Crippen molar-refractivity contribution in [3.8, 4) is 0 Å². The van der Waals surface area contributed by atoms with Gasteiger partial charge in [0.2, 0.25) is 0 Å². The standard InChI is InChI=1S/C11H19FO3/c1-4-5-6-9(12)10(13)7-11(14)15-8(2)3/h8-9H,4-7H2,1-3H3. The zero-order chi connectivity index (χ0) is 11.8. The van der Waals surface area contributed by atoms with Crippen LogP contribution in [0, 0.1) is 0 Å². The van der Waals surface area contributed by atoms with Gasteiger partial charge < -0.3 is 4.74 Å². The van der Waals surface area contributed by atoms with Gasteiger partial charge in [0.05, 0.1) is 6.10 Å². The quantitative estimate of drug-likeness (QED) is 0.487. The summed E-state index contributed by atoms with van der Waals surface area (Å²) in [6, 6.07) is 0. The van der Waals surface area contributed by atoms with Gasteiger partial charge >= 0.3 is 5.97 Å². The fourth-order valence-corrected chi connectivity index (χ4v) is 1.10. The Hall–Kier alpha value is -0.930. The number of rotatable bonds is 7. The highest BCUT2D eigenvalue weighted by Gasteiger charge is 2.20. The minimum atomic E-state index is -1.52. The molecule has 0 amide bonds. The van der Waals surface area contributed by atoms with Gasteiger partial charge in [-0.3, -0.25) is 9.59 Å². The molecule has 0 aromatic heterocycles. The first-order valence-corrected chi connectivity index (χ1v) is 5.33. The molecule has 4 heteroatoms. The van der Waals surface area contributed by atoms with E-state index in [0.717, 1.165) is 6.42 Å². The molecule has 0 aliphatic carbocycles. The number of esters is 1. The zero-order valence-corrected chi connectivity index (χ0v) is 9.59. The number of Topliss-reactive ketones (excluding diaryl/α,β-unsaturated/α-hetero) is 1. The molecule has 0 saturated heterocycles. The maximum atomic E-state index is 13.1. The van der Waals surface area contributed by atoms with E-state index in [4.69, 9.17) is 4.74 Å². The molecule has 0 bridgehead atoms. The zero-order valence-electron chi connectivity index (χ0n) is 9.59. The Morgan fingerprint density at radius 1 is 1.33 bits per heavy atom.